The van der Waals surface area contributed by atoms with Gasteiger partial charge in [0.1, 0.15) is 23.8 Å². The Bertz CT molecular complexity index is 2270. The fourth-order valence-corrected chi connectivity index (χ4v) is 5.87. The molecule has 9 heteroatoms. The quantitative estimate of drug-likeness (QED) is 0.180. The lowest BCUT2D eigenvalue weighted by molar-refractivity contribution is 0.306. The molecule has 0 aliphatic heterocycles. The van der Waals surface area contributed by atoms with Crippen LogP contribution in [0.3, 0.4) is 0 Å². The molecule has 7 rings (SSSR count). The standard InChI is InChI=1S/C37H29N5O3S/c1-25-11-13-27(14-12-25)24-45-32-10-6-7-28(21-32)35-29(23-41(40-35)30-8-4-3-5-9-30)22-33-36(43)42-37(46-33)38-34(39-42)20-17-26-15-18-31(44-2)19-16-26/h3-23H,24H2,1-2H3/b20-17+,33-22-. The zero-order chi connectivity index (χ0) is 31.5. The van der Waals surface area contributed by atoms with Gasteiger partial charge in [0, 0.05) is 17.3 Å². The SMILES string of the molecule is COc1ccc(/C=C/c2nc3s/c(=C\c4cn(-c5ccccc5)nc4-c4cccc(OCc5ccc(C)cc5)c4)c(=O)n3n2)cc1. The Morgan fingerprint density at radius 2 is 1.65 bits per heavy atom. The predicted octanol–water partition coefficient (Wildman–Crippen LogP) is 6.62. The van der Waals surface area contributed by atoms with Crippen molar-refractivity contribution < 1.29 is 9.47 Å². The Morgan fingerprint density at radius 3 is 2.41 bits per heavy atom. The molecule has 46 heavy (non-hydrogen) atoms. The van der Waals surface area contributed by atoms with Gasteiger partial charge in [-0.3, -0.25) is 4.79 Å². The van der Waals surface area contributed by atoms with Crippen LogP contribution in [0.1, 0.15) is 28.1 Å². The van der Waals surface area contributed by atoms with Crippen LogP contribution in [0.15, 0.2) is 114 Å². The first kappa shape index (κ1) is 28.9. The number of ether oxygens (including phenoxy) is 2. The second-order valence-corrected chi connectivity index (χ2v) is 11.7. The first-order valence-corrected chi connectivity index (χ1v) is 15.5. The lowest BCUT2D eigenvalue weighted by Gasteiger charge is -2.08. The largest absolute Gasteiger partial charge is 0.497 e. The van der Waals surface area contributed by atoms with Gasteiger partial charge in [-0.2, -0.15) is 14.6 Å². The number of aryl methyl sites for hydroxylation is 1. The van der Waals surface area contributed by atoms with E-state index >= 15 is 0 Å². The van der Waals surface area contributed by atoms with Gasteiger partial charge in [-0.15, -0.1) is 5.10 Å². The maximum absolute atomic E-state index is 13.5. The van der Waals surface area contributed by atoms with E-state index in [0.717, 1.165) is 45.1 Å². The number of aromatic nitrogens is 5. The maximum Gasteiger partial charge on any atom is 0.291 e. The van der Waals surface area contributed by atoms with E-state index in [2.05, 4.69) is 41.3 Å². The van der Waals surface area contributed by atoms with Crippen LogP contribution in [-0.4, -0.2) is 31.5 Å². The molecule has 226 valence electrons. The predicted molar refractivity (Wildman–Crippen MR) is 182 cm³/mol. The number of methoxy groups -OCH3 is 1. The Labute approximate surface area is 269 Å². The van der Waals surface area contributed by atoms with Crippen LogP contribution in [0.5, 0.6) is 11.5 Å². The molecule has 0 saturated heterocycles. The van der Waals surface area contributed by atoms with Crippen LogP contribution in [0.2, 0.25) is 0 Å². The van der Waals surface area contributed by atoms with Crippen LogP contribution in [0.4, 0.5) is 0 Å². The molecule has 7 aromatic rings. The van der Waals surface area contributed by atoms with Gasteiger partial charge in [0.15, 0.2) is 5.82 Å². The van der Waals surface area contributed by atoms with Crippen molar-refractivity contribution in [1.82, 2.24) is 24.4 Å². The third-order valence-corrected chi connectivity index (χ3v) is 8.38. The van der Waals surface area contributed by atoms with E-state index in [-0.39, 0.29) is 5.56 Å². The summed E-state index contributed by atoms with van der Waals surface area (Å²) in [4.78, 5) is 18.6. The van der Waals surface area contributed by atoms with E-state index in [9.17, 15) is 4.79 Å². The molecule has 0 spiro atoms. The summed E-state index contributed by atoms with van der Waals surface area (Å²) in [6.07, 6.45) is 7.49. The number of para-hydroxylation sites is 1. The van der Waals surface area contributed by atoms with Crippen LogP contribution >= 0.6 is 11.3 Å². The van der Waals surface area contributed by atoms with Gasteiger partial charge in [-0.1, -0.05) is 89.7 Å². The molecule has 8 nitrogen and oxygen atoms in total. The van der Waals surface area contributed by atoms with Gasteiger partial charge in [0.05, 0.1) is 17.3 Å². The number of benzene rings is 4. The summed E-state index contributed by atoms with van der Waals surface area (Å²) in [5.74, 6) is 1.98. The molecule has 0 N–H and O–H groups in total. The van der Waals surface area contributed by atoms with E-state index in [1.54, 1.807) is 13.2 Å². The number of rotatable bonds is 9. The average Bonchev–Trinajstić information content (AvgIpc) is 3.78. The fraction of sp³-hybridized carbons (Fsp3) is 0.0811. The number of nitrogens with zero attached hydrogens (tertiary/aromatic N) is 5. The van der Waals surface area contributed by atoms with Crippen molar-refractivity contribution in [2.24, 2.45) is 0 Å². The molecule has 0 aliphatic carbocycles. The minimum absolute atomic E-state index is 0.231. The van der Waals surface area contributed by atoms with Crippen molar-refractivity contribution in [3.8, 4) is 28.4 Å². The Hall–Kier alpha value is -5.80. The molecular formula is C37H29N5O3S. The van der Waals surface area contributed by atoms with E-state index in [4.69, 9.17) is 14.6 Å². The molecule has 0 aliphatic rings. The summed E-state index contributed by atoms with van der Waals surface area (Å²) in [5, 5.41) is 9.40. The van der Waals surface area contributed by atoms with Crippen molar-refractivity contribution in [2.45, 2.75) is 13.5 Å². The molecule has 0 saturated carbocycles. The van der Waals surface area contributed by atoms with Crippen LogP contribution < -0.4 is 19.6 Å². The van der Waals surface area contributed by atoms with Crippen molar-refractivity contribution in [3.05, 3.63) is 152 Å². The van der Waals surface area contributed by atoms with Crippen LogP contribution in [-0.2, 0) is 6.61 Å². The van der Waals surface area contributed by atoms with Gasteiger partial charge in [0.25, 0.3) is 5.56 Å². The molecule has 0 fully saturated rings. The minimum atomic E-state index is -0.231. The molecule has 3 aromatic heterocycles. The van der Waals surface area contributed by atoms with Gasteiger partial charge in [-0.25, -0.2) is 4.68 Å². The molecule has 0 atom stereocenters. The lowest BCUT2D eigenvalue weighted by atomic mass is 10.1. The summed E-state index contributed by atoms with van der Waals surface area (Å²) in [6, 6.07) is 33.7. The number of hydrogen-bond donors (Lipinski definition) is 0. The summed E-state index contributed by atoms with van der Waals surface area (Å²) in [6.45, 7) is 2.53. The highest BCUT2D eigenvalue weighted by atomic mass is 32.1. The normalized spacial score (nSPS) is 11.9. The molecule has 0 amide bonds. The molecule has 0 bridgehead atoms. The monoisotopic (exact) mass is 623 g/mol. The average molecular weight is 624 g/mol. The Morgan fingerprint density at radius 1 is 0.848 bits per heavy atom. The Balaban J connectivity index is 1.22. The minimum Gasteiger partial charge on any atom is -0.497 e. The molecule has 0 radical (unpaired) electrons. The highest BCUT2D eigenvalue weighted by Crippen LogP contribution is 2.28. The van der Waals surface area contributed by atoms with E-state index < -0.39 is 0 Å². The topological polar surface area (TPSA) is 83.5 Å². The second-order valence-electron chi connectivity index (χ2n) is 10.7. The van der Waals surface area contributed by atoms with Gasteiger partial charge < -0.3 is 9.47 Å². The van der Waals surface area contributed by atoms with Crippen LogP contribution in [0.25, 0.3) is 40.1 Å². The second kappa shape index (κ2) is 12.7. The van der Waals surface area contributed by atoms with E-state index in [1.807, 2.05) is 102 Å². The first-order valence-electron chi connectivity index (χ1n) is 14.7. The summed E-state index contributed by atoms with van der Waals surface area (Å²) >= 11 is 1.29. The first-order chi connectivity index (χ1) is 22.5. The van der Waals surface area contributed by atoms with E-state index in [1.165, 1.54) is 21.4 Å². The smallest absolute Gasteiger partial charge is 0.291 e. The fourth-order valence-electron chi connectivity index (χ4n) is 4.96. The van der Waals surface area contributed by atoms with Crippen molar-refractivity contribution in [1.29, 1.82) is 0 Å². The third-order valence-electron chi connectivity index (χ3n) is 7.42. The molecular weight excluding hydrogens is 595 g/mol. The van der Waals surface area contributed by atoms with Gasteiger partial charge in [-0.05, 0) is 66.6 Å². The zero-order valence-electron chi connectivity index (χ0n) is 25.2. The van der Waals surface area contributed by atoms with Gasteiger partial charge >= 0.3 is 0 Å². The van der Waals surface area contributed by atoms with Crippen molar-refractivity contribution in [2.75, 3.05) is 7.11 Å². The Kier molecular flexibility index (Phi) is 7.97. The van der Waals surface area contributed by atoms with Crippen molar-refractivity contribution >= 4 is 34.5 Å². The zero-order valence-corrected chi connectivity index (χ0v) is 26.0. The highest BCUT2D eigenvalue weighted by molar-refractivity contribution is 7.15. The van der Waals surface area contributed by atoms with Crippen molar-refractivity contribution in [3.63, 3.8) is 0 Å². The third kappa shape index (κ3) is 6.22. The summed E-state index contributed by atoms with van der Waals surface area (Å²) in [5.41, 5.74) is 6.35. The molecule has 4 aromatic carbocycles. The van der Waals surface area contributed by atoms with E-state index in [0.29, 0.717) is 21.9 Å². The van der Waals surface area contributed by atoms with Gasteiger partial charge in [0.2, 0.25) is 4.96 Å². The molecule has 3 heterocycles. The molecule has 0 unspecified atom stereocenters. The number of fused-ring (bicyclic) bond motifs is 1. The highest BCUT2D eigenvalue weighted by Gasteiger charge is 2.15. The summed E-state index contributed by atoms with van der Waals surface area (Å²) < 4.78 is 15.0. The summed E-state index contributed by atoms with van der Waals surface area (Å²) in [7, 11) is 1.64. The number of hydrogen-bond acceptors (Lipinski definition) is 7. The maximum atomic E-state index is 13.5. The van der Waals surface area contributed by atoms with Crippen LogP contribution in [0, 0.1) is 6.92 Å². The lowest BCUT2D eigenvalue weighted by Crippen LogP contribution is -2.23. The number of thiazole rings is 1.